The molecule has 2 aliphatic carbocycles. The number of nitrogens with zero attached hydrogens (tertiary/aromatic N) is 1. The van der Waals surface area contributed by atoms with Gasteiger partial charge in [-0.2, -0.15) is 0 Å². The van der Waals surface area contributed by atoms with E-state index < -0.39 is 18.2 Å². The van der Waals surface area contributed by atoms with Gasteiger partial charge in [-0.05, 0) is 65.6 Å². The molecule has 218 valence electrons. The van der Waals surface area contributed by atoms with Gasteiger partial charge in [-0.15, -0.1) is 0 Å². The smallest absolute Gasteiger partial charge is 0.247 e. The minimum absolute atomic E-state index is 0.0447. The van der Waals surface area contributed by atoms with Crippen molar-refractivity contribution in [1.29, 1.82) is 0 Å². The molecule has 4 N–H and O–H groups in total. The number of rotatable bonds is 14. The van der Waals surface area contributed by atoms with Crippen molar-refractivity contribution < 1.29 is 34.4 Å². The fourth-order valence-corrected chi connectivity index (χ4v) is 6.24. The number of aliphatic hydroxyl groups excluding tert-OH is 3. The molecular weight excluding hydrogens is 615 g/mol. The molecule has 3 unspecified atom stereocenters. The van der Waals surface area contributed by atoms with Crippen LogP contribution in [0.2, 0.25) is 0 Å². The number of benzene rings is 1. The van der Waals surface area contributed by atoms with Crippen LogP contribution in [0.1, 0.15) is 70.3 Å². The molecule has 1 aromatic rings. The van der Waals surface area contributed by atoms with Gasteiger partial charge in [-0.25, -0.2) is 0 Å². The number of carbonyl (C=O) groups is 2. The molecule has 3 rings (SSSR count). The van der Waals surface area contributed by atoms with Gasteiger partial charge in [0.1, 0.15) is 12.2 Å². The Labute approximate surface area is 245 Å². The number of methoxy groups -OCH3 is 1. The third-order valence-corrected chi connectivity index (χ3v) is 8.38. The molecule has 0 heterocycles. The highest BCUT2D eigenvalue weighted by Crippen LogP contribution is 2.38. The van der Waals surface area contributed by atoms with E-state index in [1.165, 1.54) is 7.11 Å². The lowest BCUT2D eigenvalue weighted by molar-refractivity contribution is -0.142. The van der Waals surface area contributed by atoms with Crippen LogP contribution in [0.15, 0.2) is 23.8 Å². The molecule has 1 aromatic carbocycles. The van der Waals surface area contributed by atoms with E-state index in [1.54, 1.807) is 23.1 Å². The molecular formula is C29H43IN2O7. The molecule has 1 saturated carbocycles. The number of unbranched alkanes of at least 4 members (excludes halogenated alkanes) is 3. The molecule has 0 bridgehead atoms. The molecule has 0 aromatic heterocycles. The number of aliphatic hydroxyl groups is 3. The zero-order valence-electron chi connectivity index (χ0n) is 23.0. The van der Waals surface area contributed by atoms with Gasteiger partial charge in [0.15, 0.2) is 11.5 Å². The first-order valence-corrected chi connectivity index (χ1v) is 15.1. The van der Waals surface area contributed by atoms with E-state index in [0.29, 0.717) is 32.8 Å². The zero-order valence-corrected chi connectivity index (χ0v) is 25.2. The zero-order chi connectivity index (χ0) is 28.4. The Morgan fingerprint density at radius 2 is 1.90 bits per heavy atom. The number of halogens is 1. The quantitative estimate of drug-likeness (QED) is 0.179. The maximum absolute atomic E-state index is 13.8. The van der Waals surface area contributed by atoms with Crippen LogP contribution in [-0.2, 0) is 16.2 Å². The Kier molecular flexibility index (Phi) is 12.8. The van der Waals surface area contributed by atoms with Gasteiger partial charge in [0.25, 0.3) is 0 Å². The maximum atomic E-state index is 13.8. The van der Waals surface area contributed by atoms with E-state index in [2.05, 4.69) is 34.8 Å². The van der Waals surface area contributed by atoms with Crippen molar-refractivity contribution in [1.82, 2.24) is 10.2 Å². The van der Waals surface area contributed by atoms with Crippen molar-refractivity contribution in [3.05, 3.63) is 32.9 Å². The van der Waals surface area contributed by atoms with Crippen LogP contribution in [-0.4, -0.2) is 77.1 Å². The Bertz CT molecular complexity index is 996. The first kappa shape index (κ1) is 31.6. The summed E-state index contributed by atoms with van der Waals surface area (Å²) in [6.07, 6.45) is 7.51. The first-order valence-electron chi connectivity index (χ1n) is 14.1. The normalized spacial score (nSPS) is 21.4. The van der Waals surface area contributed by atoms with Crippen LogP contribution in [0.25, 0.3) is 0 Å². The Balaban J connectivity index is 1.96. The first-order chi connectivity index (χ1) is 18.8. The molecule has 3 atom stereocenters. The summed E-state index contributed by atoms with van der Waals surface area (Å²) in [5.41, 5.74) is 1.06. The SMILES string of the molecule is CCCCCCN(C(=O)C1CCCC1)C1CC(C(=O)NCCO)=CC(Oc2c(I)cc(CO)cc2OC)C1O. The number of hydrogen-bond donors (Lipinski definition) is 4. The van der Waals surface area contributed by atoms with Gasteiger partial charge in [-0.1, -0.05) is 39.0 Å². The number of nitrogens with one attached hydrogen (secondary N) is 1. The topological polar surface area (TPSA) is 129 Å². The summed E-state index contributed by atoms with van der Waals surface area (Å²) in [7, 11) is 1.50. The summed E-state index contributed by atoms with van der Waals surface area (Å²) in [4.78, 5) is 28.6. The minimum atomic E-state index is -1.08. The van der Waals surface area contributed by atoms with E-state index in [9.17, 15) is 24.9 Å². The summed E-state index contributed by atoms with van der Waals surface area (Å²) in [6.45, 7) is 2.40. The molecule has 0 radical (unpaired) electrons. The Morgan fingerprint density at radius 1 is 1.15 bits per heavy atom. The largest absolute Gasteiger partial charge is 0.493 e. The van der Waals surface area contributed by atoms with Gasteiger partial charge in [-0.3, -0.25) is 9.59 Å². The second kappa shape index (κ2) is 15.8. The molecule has 0 saturated heterocycles. The number of ether oxygens (including phenoxy) is 2. The fraction of sp³-hybridized carbons (Fsp3) is 0.655. The maximum Gasteiger partial charge on any atom is 0.247 e. The van der Waals surface area contributed by atoms with Crippen molar-refractivity contribution in [3.63, 3.8) is 0 Å². The molecule has 39 heavy (non-hydrogen) atoms. The number of hydrogen-bond acceptors (Lipinski definition) is 7. The van der Waals surface area contributed by atoms with Crippen LogP contribution in [0.5, 0.6) is 11.5 Å². The van der Waals surface area contributed by atoms with E-state index >= 15 is 0 Å². The molecule has 9 nitrogen and oxygen atoms in total. The van der Waals surface area contributed by atoms with E-state index in [1.807, 2.05) is 0 Å². The van der Waals surface area contributed by atoms with Crippen molar-refractivity contribution in [2.75, 3.05) is 26.8 Å². The van der Waals surface area contributed by atoms with E-state index in [4.69, 9.17) is 9.47 Å². The average Bonchev–Trinajstić information content (AvgIpc) is 3.48. The standard InChI is InChI=1S/C29H43IN2O7/c1-3-4-5-8-12-32(29(37)20-9-6-7-10-20)23-16-21(28(36)31-11-13-33)17-24(26(23)35)39-27-22(30)14-19(18-34)15-25(27)38-2/h14-15,17,20,23-24,26,33-35H,3-13,16,18H2,1-2H3,(H,31,36). The van der Waals surface area contributed by atoms with Crippen LogP contribution >= 0.6 is 22.6 Å². The number of amides is 2. The molecule has 2 amide bonds. The van der Waals surface area contributed by atoms with E-state index in [-0.39, 0.29) is 43.9 Å². The monoisotopic (exact) mass is 658 g/mol. The Morgan fingerprint density at radius 3 is 2.54 bits per heavy atom. The molecule has 1 fully saturated rings. The lowest BCUT2D eigenvalue weighted by Crippen LogP contribution is -2.56. The fourth-order valence-electron chi connectivity index (χ4n) is 5.45. The highest BCUT2D eigenvalue weighted by Gasteiger charge is 2.42. The number of carbonyl (C=O) groups excluding carboxylic acids is 2. The lowest BCUT2D eigenvalue weighted by atomic mass is 9.87. The summed E-state index contributed by atoms with van der Waals surface area (Å²) in [5.74, 6) is 0.420. The van der Waals surface area contributed by atoms with Gasteiger partial charge >= 0.3 is 0 Å². The summed E-state index contributed by atoms with van der Waals surface area (Å²) >= 11 is 2.09. The van der Waals surface area contributed by atoms with Gasteiger partial charge in [0.05, 0.1) is 29.9 Å². The predicted molar refractivity (Wildman–Crippen MR) is 156 cm³/mol. The minimum Gasteiger partial charge on any atom is -0.493 e. The summed E-state index contributed by atoms with van der Waals surface area (Å²) < 4.78 is 12.5. The second-order valence-corrected chi connectivity index (χ2v) is 11.5. The van der Waals surface area contributed by atoms with Crippen LogP contribution in [0, 0.1) is 9.49 Å². The molecule has 0 aliphatic heterocycles. The average molecular weight is 659 g/mol. The second-order valence-electron chi connectivity index (χ2n) is 10.4. The predicted octanol–water partition coefficient (Wildman–Crippen LogP) is 3.31. The van der Waals surface area contributed by atoms with Gasteiger partial charge < -0.3 is 35.0 Å². The van der Waals surface area contributed by atoms with Crippen molar-refractivity contribution in [2.24, 2.45) is 5.92 Å². The highest BCUT2D eigenvalue weighted by molar-refractivity contribution is 14.1. The van der Waals surface area contributed by atoms with Crippen LogP contribution in [0.3, 0.4) is 0 Å². The molecule has 0 spiro atoms. The van der Waals surface area contributed by atoms with Gasteiger partial charge in [0, 0.05) is 31.0 Å². The third kappa shape index (κ3) is 8.31. The Hall–Kier alpha value is -1.89. The van der Waals surface area contributed by atoms with Crippen molar-refractivity contribution >= 4 is 34.4 Å². The lowest BCUT2D eigenvalue weighted by Gasteiger charge is -2.41. The van der Waals surface area contributed by atoms with Crippen molar-refractivity contribution in [2.45, 2.75) is 89.6 Å². The molecule has 10 heteroatoms. The van der Waals surface area contributed by atoms with Crippen LogP contribution in [0.4, 0.5) is 0 Å². The summed E-state index contributed by atoms with van der Waals surface area (Å²) in [5, 5.41) is 33.2. The highest BCUT2D eigenvalue weighted by atomic mass is 127. The molecule has 2 aliphatic rings. The van der Waals surface area contributed by atoms with Crippen LogP contribution < -0.4 is 14.8 Å². The third-order valence-electron chi connectivity index (χ3n) is 7.58. The van der Waals surface area contributed by atoms with Gasteiger partial charge in [0.2, 0.25) is 11.8 Å². The van der Waals surface area contributed by atoms with E-state index in [0.717, 1.165) is 51.4 Å². The van der Waals surface area contributed by atoms with Crippen molar-refractivity contribution in [3.8, 4) is 11.5 Å². The summed E-state index contributed by atoms with van der Waals surface area (Å²) in [6, 6.07) is 2.81.